The van der Waals surface area contributed by atoms with Crippen LogP contribution in [0.3, 0.4) is 0 Å². The Labute approximate surface area is 146 Å². The molecule has 2 aromatic carbocycles. The van der Waals surface area contributed by atoms with Crippen molar-refractivity contribution >= 4 is 11.8 Å². The average molecular weight is 377 g/mol. The number of rotatable bonds is 1. The van der Waals surface area contributed by atoms with E-state index < -0.39 is 0 Å². The van der Waals surface area contributed by atoms with Gasteiger partial charge in [0.25, 0.3) is 0 Å². The molecule has 4 N–H and O–H groups in total. The molecule has 0 atom stereocenters. The minimum atomic E-state index is -0.346. The second-order valence-corrected chi connectivity index (χ2v) is 4.71. The summed E-state index contributed by atoms with van der Waals surface area (Å²) in [6.07, 6.45) is 0. The zero-order valence-electron chi connectivity index (χ0n) is 12.8. The van der Waals surface area contributed by atoms with Crippen molar-refractivity contribution in [3.63, 3.8) is 0 Å². The summed E-state index contributed by atoms with van der Waals surface area (Å²) in [7, 11) is 0. The quantitative estimate of drug-likeness (QED) is 0.520. The maximum atomic E-state index is 13.0. The van der Waals surface area contributed by atoms with Gasteiger partial charge in [0.1, 0.15) is 11.6 Å². The number of nitrogens with two attached hydrogens (primary N) is 1. The molecule has 0 unspecified atom stereocenters. The number of halogens is 3. The van der Waals surface area contributed by atoms with Gasteiger partial charge in [-0.1, -0.05) is 0 Å². The first-order chi connectivity index (χ1) is 12.1. The van der Waals surface area contributed by atoms with Crippen molar-refractivity contribution in [1.29, 1.82) is 0 Å². The topological polar surface area (TPSA) is 95.2 Å². The molecule has 0 spiro atoms. The lowest BCUT2D eigenvalue weighted by Crippen LogP contribution is -2.01. The first kappa shape index (κ1) is 19.0. The van der Waals surface area contributed by atoms with E-state index in [0.29, 0.717) is 28.6 Å². The van der Waals surface area contributed by atoms with Crippen molar-refractivity contribution < 1.29 is 32.9 Å². The minimum Gasteiger partial charge on any atom is -0.454 e. The van der Waals surface area contributed by atoms with Crippen molar-refractivity contribution in [3.8, 4) is 23.0 Å². The van der Waals surface area contributed by atoms with Crippen LogP contribution in [0.4, 0.5) is 8.78 Å². The van der Waals surface area contributed by atoms with Crippen LogP contribution in [0, 0.1) is 11.6 Å². The Kier molecular flexibility index (Phi) is 7.02. The zero-order valence-corrected chi connectivity index (χ0v) is 13.6. The number of ether oxygens (including phenoxy) is 4. The van der Waals surface area contributed by atoms with E-state index in [1.54, 1.807) is 6.07 Å². The summed E-state index contributed by atoms with van der Waals surface area (Å²) in [5.41, 5.74) is 5.73. The molecule has 0 amide bonds. The summed E-state index contributed by atoms with van der Waals surface area (Å²) >= 11 is 4.30. The highest BCUT2D eigenvalue weighted by atomic mass is 35.5. The van der Waals surface area contributed by atoms with Crippen molar-refractivity contribution in [2.24, 2.45) is 5.73 Å². The summed E-state index contributed by atoms with van der Waals surface area (Å²) in [5, 5.41) is 7.08. The molecule has 0 bridgehead atoms. The fourth-order valence-electron chi connectivity index (χ4n) is 2.07. The Morgan fingerprint density at radius 1 is 1.00 bits per heavy atom. The van der Waals surface area contributed by atoms with E-state index in [2.05, 4.69) is 11.8 Å². The molecule has 0 fully saturated rings. The molecule has 0 aliphatic carbocycles. The van der Waals surface area contributed by atoms with Gasteiger partial charge >= 0.3 is 0 Å². The molecule has 2 aromatic rings. The molecule has 0 radical (unpaired) electrons. The van der Waals surface area contributed by atoms with Crippen LogP contribution in [0.5, 0.6) is 23.0 Å². The van der Waals surface area contributed by atoms with Crippen molar-refractivity contribution in [1.82, 2.24) is 5.00 Å². The zero-order chi connectivity index (χ0) is 18.2. The van der Waals surface area contributed by atoms with E-state index in [4.69, 9.17) is 29.9 Å². The Morgan fingerprint density at radius 3 is 2.32 bits per heavy atom. The largest absolute Gasteiger partial charge is 0.454 e. The van der Waals surface area contributed by atoms with Gasteiger partial charge in [-0.05, 0) is 24.3 Å². The molecule has 0 saturated heterocycles. The molecule has 2 aliphatic rings. The van der Waals surface area contributed by atoms with Crippen LogP contribution in [-0.4, -0.2) is 18.8 Å². The van der Waals surface area contributed by atoms with E-state index >= 15 is 0 Å². The van der Waals surface area contributed by atoms with E-state index in [1.165, 1.54) is 29.3 Å². The highest BCUT2D eigenvalue weighted by Crippen LogP contribution is 2.36. The van der Waals surface area contributed by atoms with Crippen LogP contribution in [0.25, 0.3) is 0 Å². The second-order valence-electron chi connectivity index (χ2n) is 4.55. The first-order valence-corrected chi connectivity index (χ1v) is 7.30. The maximum Gasteiger partial charge on any atom is 0.231 e. The molecule has 2 aliphatic heterocycles. The molecule has 7 nitrogen and oxygen atoms in total. The number of hydrogen-bond acceptors (Lipinski definition) is 7. The Morgan fingerprint density at radius 2 is 1.60 bits per heavy atom. The predicted molar refractivity (Wildman–Crippen MR) is 83.7 cm³/mol. The van der Waals surface area contributed by atoms with Crippen LogP contribution < -0.4 is 29.7 Å². The molecule has 136 valence electrons. The smallest absolute Gasteiger partial charge is 0.231 e. The predicted octanol–water partition coefficient (Wildman–Crippen LogP) is 2.69. The molecule has 0 saturated carbocycles. The highest BCUT2D eigenvalue weighted by Gasteiger charge is 2.19. The van der Waals surface area contributed by atoms with Gasteiger partial charge in [-0.2, -0.15) is 0 Å². The van der Waals surface area contributed by atoms with Gasteiger partial charge in [0.2, 0.25) is 13.6 Å². The van der Waals surface area contributed by atoms with E-state index in [0.717, 1.165) is 0 Å². The summed E-state index contributed by atoms with van der Waals surface area (Å²) in [5.74, 6) is 1.46. The van der Waals surface area contributed by atoms with Crippen molar-refractivity contribution in [3.05, 3.63) is 47.5 Å². The standard InChI is InChI=1S/C8H8FNO2.C7H5FO2.ClH2NO/c9-6-1-2-7-8(5(6)3-10)12-4-11-7;8-5-1-2-6-7(3-5)10-4-9-6;1-2-3/h1-2H,3-4,10H2;1-3H,4H2;2-3H. The van der Waals surface area contributed by atoms with Crippen LogP contribution >= 0.6 is 11.8 Å². The van der Waals surface area contributed by atoms with Crippen LogP contribution in [-0.2, 0) is 6.54 Å². The Balaban J connectivity index is 0.000000158. The van der Waals surface area contributed by atoms with E-state index in [-0.39, 0.29) is 31.8 Å². The number of benzene rings is 2. The lowest BCUT2D eigenvalue weighted by molar-refractivity contribution is 0.173. The van der Waals surface area contributed by atoms with Gasteiger partial charge in [-0.3, -0.25) is 0 Å². The second kappa shape index (κ2) is 9.23. The minimum absolute atomic E-state index is 0.123. The average Bonchev–Trinajstić information content (AvgIpc) is 3.24. The van der Waals surface area contributed by atoms with Gasteiger partial charge in [0.05, 0.1) is 0 Å². The lowest BCUT2D eigenvalue weighted by Gasteiger charge is -2.03. The van der Waals surface area contributed by atoms with Crippen molar-refractivity contribution in [2.75, 3.05) is 13.6 Å². The van der Waals surface area contributed by atoms with Gasteiger partial charge in [-0.15, -0.1) is 5.00 Å². The summed E-state index contributed by atoms with van der Waals surface area (Å²) < 4.78 is 45.4. The van der Waals surface area contributed by atoms with E-state index in [9.17, 15) is 8.78 Å². The SMILES string of the molecule is Fc1ccc2c(c1)OCO2.NCc1c(F)ccc2c1OCO2.ONCl. The fourth-order valence-corrected chi connectivity index (χ4v) is 2.07. The van der Waals surface area contributed by atoms with Crippen LogP contribution in [0.1, 0.15) is 5.56 Å². The fraction of sp³-hybridized carbons (Fsp3) is 0.200. The number of nitrogens with one attached hydrogen (secondary N) is 1. The first-order valence-electron chi connectivity index (χ1n) is 6.92. The molecule has 0 aromatic heterocycles. The lowest BCUT2D eigenvalue weighted by atomic mass is 10.2. The number of hydrogen-bond donors (Lipinski definition) is 3. The summed E-state index contributed by atoms with van der Waals surface area (Å²) in [6, 6.07) is 7.07. The van der Waals surface area contributed by atoms with Crippen LogP contribution in [0.15, 0.2) is 30.3 Å². The summed E-state index contributed by atoms with van der Waals surface area (Å²) in [6.45, 7) is 0.461. The van der Waals surface area contributed by atoms with E-state index in [1.807, 2.05) is 0 Å². The van der Waals surface area contributed by atoms with Crippen LogP contribution in [0.2, 0.25) is 0 Å². The summed E-state index contributed by atoms with van der Waals surface area (Å²) in [4.78, 5) is 1.22. The van der Waals surface area contributed by atoms with Gasteiger partial charge in [0.15, 0.2) is 23.0 Å². The third-order valence-corrected chi connectivity index (χ3v) is 3.12. The van der Waals surface area contributed by atoms with Gasteiger partial charge < -0.3 is 29.9 Å². The molecule has 25 heavy (non-hydrogen) atoms. The Bertz CT molecular complexity index is 721. The molecular weight excluding hydrogens is 362 g/mol. The molecule has 4 rings (SSSR count). The third kappa shape index (κ3) is 4.83. The highest BCUT2D eigenvalue weighted by molar-refractivity contribution is 6.12. The normalized spacial score (nSPS) is 12.7. The monoisotopic (exact) mass is 376 g/mol. The van der Waals surface area contributed by atoms with Crippen molar-refractivity contribution in [2.45, 2.75) is 6.54 Å². The molecule has 10 heteroatoms. The number of fused-ring (bicyclic) bond motifs is 2. The van der Waals surface area contributed by atoms with Gasteiger partial charge in [0, 0.05) is 30.0 Å². The third-order valence-electron chi connectivity index (χ3n) is 3.12. The molecule has 2 heterocycles. The molecular formula is C15H15ClF2N2O5. The maximum absolute atomic E-state index is 13.0. The van der Waals surface area contributed by atoms with Gasteiger partial charge in [-0.25, -0.2) is 8.78 Å². The Hall–Kier alpha value is -2.33.